The van der Waals surface area contributed by atoms with Gasteiger partial charge in [-0.2, -0.15) is 0 Å². The molecule has 0 saturated heterocycles. The standard InChI is InChI=1S/C12H20N2/c1-4-11(9-13)14(3)12-7-5-6-10(2)8-12/h5-8,11H,4,9,13H2,1-3H3. The molecule has 1 unspecified atom stereocenters. The van der Waals surface area contributed by atoms with Crippen LogP contribution in [0.4, 0.5) is 5.69 Å². The quantitative estimate of drug-likeness (QED) is 0.792. The molecule has 0 bridgehead atoms. The number of nitrogens with zero attached hydrogens (tertiary/aromatic N) is 1. The van der Waals surface area contributed by atoms with E-state index in [1.807, 2.05) is 0 Å². The van der Waals surface area contributed by atoms with Crippen LogP contribution < -0.4 is 10.6 Å². The minimum absolute atomic E-state index is 0.441. The molecule has 1 rings (SSSR count). The number of aryl methyl sites for hydroxylation is 1. The van der Waals surface area contributed by atoms with Gasteiger partial charge in [0.25, 0.3) is 0 Å². The first-order chi connectivity index (χ1) is 6.69. The number of nitrogens with two attached hydrogens (primary N) is 1. The lowest BCUT2D eigenvalue weighted by molar-refractivity contribution is 0.619. The van der Waals surface area contributed by atoms with E-state index < -0.39 is 0 Å². The van der Waals surface area contributed by atoms with Gasteiger partial charge in [0.2, 0.25) is 0 Å². The summed E-state index contributed by atoms with van der Waals surface area (Å²) in [5.74, 6) is 0. The summed E-state index contributed by atoms with van der Waals surface area (Å²) in [4.78, 5) is 2.26. The van der Waals surface area contributed by atoms with Crippen LogP contribution in [0.3, 0.4) is 0 Å². The Labute approximate surface area is 86.7 Å². The van der Waals surface area contributed by atoms with Crippen molar-refractivity contribution in [3.63, 3.8) is 0 Å². The lowest BCUT2D eigenvalue weighted by Gasteiger charge is -2.28. The number of rotatable bonds is 4. The number of anilines is 1. The van der Waals surface area contributed by atoms with Gasteiger partial charge in [0.1, 0.15) is 0 Å². The summed E-state index contributed by atoms with van der Waals surface area (Å²) < 4.78 is 0. The highest BCUT2D eigenvalue weighted by Crippen LogP contribution is 2.17. The summed E-state index contributed by atoms with van der Waals surface area (Å²) in [5.41, 5.74) is 8.26. The van der Waals surface area contributed by atoms with Crippen LogP contribution in [0.15, 0.2) is 24.3 Å². The average Bonchev–Trinajstić information content (AvgIpc) is 2.19. The molecule has 0 aliphatic carbocycles. The molecule has 0 radical (unpaired) electrons. The van der Waals surface area contributed by atoms with E-state index in [9.17, 15) is 0 Å². The van der Waals surface area contributed by atoms with E-state index in [-0.39, 0.29) is 0 Å². The lowest BCUT2D eigenvalue weighted by Crippen LogP contribution is -2.37. The Morgan fingerprint density at radius 1 is 1.43 bits per heavy atom. The first kappa shape index (κ1) is 11.1. The van der Waals surface area contributed by atoms with Crippen LogP contribution in [0.5, 0.6) is 0 Å². The summed E-state index contributed by atoms with van der Waals surface area (Å²) in [6, 6.07) is 8.96. The Balaban J connectivity index is 2.82. The highest BCUT2D eigenvalue weighted by molar-refractivity contribution is 5.48. The Morgan fingerprint density at radius 2 is 2.14 bits per heavy atom. The zero-order valence-corrected chi connectivity index (χ0v) is 9.33. The van der Waals surface area contributed by atoms with Gasteiger partial charge in [-0.3, -0.25) is 0 Å². The third-order valence-electron chi connectivity index (χ3n) is 2.70. The normalized spacial score (nSPS) is 12.6. The molecule has 2 heteroatoms. The molecule has 2 N–H and O–H groups in total. The van der Waals surface area contributed by atoms with Gasteiger partial charge < -0.3 is 10.6 Å². The van der Waals surface area contributed by atoms with Crippen molar-refractivity contribution in [2.75, 3.05) is 18.5 Å². The van der Waals surface area contributed by atoms with E-state index in [1.165, 1.54) is 11.3 Å². The number of benzene rings is 1. The van der Waals surface area contributed by atoms with Crippen molar-refractivity contribution in [2.24, 2.45) is 5.73 Å². The second kappa shape index (κ2) is 5.01. The summed E-state index contributed by atoms with van der Waals surface area (Å²) in [7, 11) is 2.11. The fraction of sp³-hybridized carbons (Fsp3) is 0.500. The molecule has 0 aliphatic rings. The largest absolute Gasteiger partial charge is 0.370 e. The monoisotopic (exact) mass is 192 g/mol. The Bertz CT molecular complexity index is 279. The highest BCUT2D eigenvalue weighted by Gasteiger charge is 2.10. The van der Waals surface area contributed by atoms with Gasteiger partial charge in [-0.15, -0.1) is 0 Å². The lowest BCUT2D eigenvalue weighted by atomic mass is 10.1. The number of hydrogen-bond acceptors (Lipinski definition) is 2. The van der Waals surface area contributed by atoms with Crippen molar-refractivity contribution in [2.45, 2.75) is 26.3 Å². The maximum Gasteiger partial charge on any atom is 0.0406 e. The minimum Gasteiger partial charge on any atom is -0.370 e. The molecule has 1 aromatic carbocycles. The third-order valence-corrected chi connectivity index (χ3v) is 2.70. The third kappa shape index (κ3) is 2.48. The molecular formula is C12H20N2. The van der Waals surface area contributed by atoms with E-state index in [0.29, 0.717) is 12.6 Å². The SMILES string of the molecule is CCC(CN)N(C)c1cccc(C)c1. The molecule has 0 amide bonds. The van der Waals surface area contributed by atoms with Gasteiger partial charge in [0.05, 0.1) is 0 Å². The molecule has 2 nitrogen and oxygen atoms in total. The van der Waals surface area contributed by atoms with Crippen LogP contribution in [-0.2, 0) is 0 Å². The zero-order chi connectivity index (χ0) is 10.6. The molecule has 0 aliphatic heterocycles. The fourth-order valence-electron chi connectivity index (χ4n) is 1.66. The van der Waals surface area contributed by atoms with Crippen LogP contribution in [0.2, 0.25) is 0 Å². The van der Waals surface area contributed by atoms with Crippen LogP contribution in [0.1, 0.15) is 18.9 Å². The molecule has 0 saturated carbocycles. The van der Waals surface area contributed by atoms with Crippen LogP contribution in [0.25, 0.3) is 0 Å². The van der Waals surface area contributed by atoms with Crippen molar-refractivity contribution in [3.05, 3.63) is 29.8 Å². The number of likely N-dealkylation sites (N-methyl/N-ethyl adjacent to an activating group) is 1. The van der Waals surface area contributed by atoms with Gasteiger partial charge in [-0.25, -0.2) is 0 Å². The van der Waals surface area contributed by atoms with Gasteiger partial charge in [0, 0.05) is 25.3 Å². The van der Waals surface area contributed by atoms with Gasteiger partial charge in [-0.05, 0) is 31.0 Å². The van der Waals surface area contributed by atoms with Gasteiger partial charge >= 0.3 is 0 Å². The molecular weight excluding hydrogens is 172 g/mol. The van der Waals surface area contributed by atoms with E-state index in [1.54, 1.807) is 0 Å². The summed E-state index contributed by atoms with van der Waals surface area (Å²) in [5, 5.41) is 0. The highest BCUT2D eigenvalue weighted by atomic mass is 15.1. The summed E-state index contributed by atoms with van der Waals surface area (Å²) in [6.07, 6.45) is 1.08. The van der Waals surface area contributed by atoms with Crippen LogP contribution in [0, 0.1) is 6.92 Å². The molecule has 14 heavy (non-hydrogen) atoms. The van der Waals surface area contributed by atoms with Crippen molar-refractivity contribution < 1.29 is 0 Å². The van der Waals surface area contributed by atoms with Crippen LogP contribution in [-0.4, -0.2) is 19.6 Å². The van der Waals surface area contributed by atoms with E-state index in [4.69, 9.17) is 5.73 Å². The predicted octanol–water partition coefficient (Wildman–Crippen LogP) is 2.17. The summed E-state index contributed by atoms with van der Waals surface area (Å²) in [6.45, 7) is 4.99. The molecule has 1 aromatic rings. The van der Waals surface area contributed by atoms with Gasteiger partial charge in [-0.1, -0.05) is 19.1 Å². The maximum absolute atomic E-state index is 5.72. The molecule has 0 spiro atoms. The summed E-state index contributed by atoms with van der Waals surface area (Å²) >= 11 is 0. The van der Waals surface area contributed by atoms with Crippen molar-refractivity contribution >= 4 is 5.69 Å². The molecule has 0 aromatic heterocycles. The minimum atomic E-state index is 0.441. The Kier molecular flexibility index (Phi) is 3.96. The smallest absolute Gasteiger partial charge is 0.0406 e. The van der Waals surface area contributed by atoms with Crippen molar-refractivity contribution in [1.82, 2.24) is 0 Å². The zero-order valence-electron chi connectivity index (χ0n) is 9.33. The molecule has 1 atom stereocenters. The second-order valence-corrected chi connectivity index (χ2v) is 3.75. The van der Waals surface area contributed by atoms with E-state index in [2.05, 4.69) is 50.1 Å². The maximum atomic E-state index is 5.72. The second-order valence-electron chi connectivity index (χ2n) is 3.75. The number of hydrogen-bond donors (Lipinski definition) is 1. The molecule has 78 valence electrons. The first-order valence-electron chi connectivity index (χ1n) is 5.18. The molecule has 0 fully saturated rings. The van der Waals surface area contributed by atoms with Crippen molar-refractivity contribution in [3.8, 4) is 0 Å². The van der Waals surface area contributed by atoms with E-state index in [0.717, 1.165) is 6.42 Å². The fourth-order valence-corrected chi connectivity index (χ4v) is 1.66. The average molecular weight is 192 g/mol. The Morgan fingerprint density at radius 3 is 2.64 bits per heavy atom. The first-order valence-corrected chi connectivity index (χ1v) is 5.18. The van der Waals surface area contributed by atoms with Crippen molar-refractivity contribution in [1.29, 1.82) is 0 Å². The topological polar surface area (TPSA) is 29.3 Å². The molecule has 0 heterocycles. The Hall–Kier alpha value is -1.02. The van der Waals surface area contributed by atoms with E-state index >= 15 is 0 Å². The van der Waals surface area contributed by atoms with Crippen LogP contribution >= 0.6 is 0 Å². The van der Waals surface area contributed by atoms with Gasteiger partial charge in [0.15, 0.2) is 0 Å². The predicted molar refractivity (Wildman–Crippen MR) is 62.7 cm³/mol.